The molecule has 0 atom stereocenters. The second kappa shape index (κ2) is 5.54. The highest BCUT2D eigenvalue weighted by atomic mass is 35.5. The number of benzene rings is 1. The van der Waals surface area contributed by atoms with Crippen LogP contribution in [0.4, 0.5) is 0 Å². The standard InChI is InChI=1S/C14H17ClO2/c15-14-11(8-9-13(16)17)6-3-7-12(14)10-4-1-2-5-10/h3,6-7,10H,1-2,4-5,8-9H2,(H,16,17). The molecule has 0 bridgehead atoms. The second-order valence-electron chi connectivity index (χ2n) is 4.70. The molecule has 0 heterocycles. The number of aliphatic carboxylic acids is 1. The molecule has 3 heteroatoms. The Hall–Kier alpha value is -1.02. The molecule has 92 valence electrons. The highest BCUT2D eigenvalue weighted by Crippen LogP contribution is 2.38. The zero-order valence-electron chi connectivity index (χ0n) is 9.79. The van der Waals surface area contributed by atoms with Crippen LogP contribution >= 0.6 is 11.6 Å². The van der Waals surface area contributed by atoms with Gasteiger partial charge in [0.05, 0.1) is 0 Å². The summed E-state index contributed by atoms with van der Waals surface area (Å²) in [6.07, 6.45) is 5.65. The van der Waals surface area contributed by atoms with Gasteiger partial charge in [-0.2, -0.15) is 0 Å². The summed E-state index contributed by atoms with van der Waals surface area (Å²) in [6, 6.07) is 6.02. The molecule has 2 rings (SSSR count). The third-order valence-corrected chi connectivity index (χ3v) is 3.97. The fourth-order valence-corrected chi connectivity index (χ4v) is 2.96. The number of carboxylic acids is 1. The fourth-order valence-electron chi connectivity index (χ4n) is 2.59. The molecule has 0 spiro atoms. The van der Waals surface area contributed by atoms with Gasteiger partial charge in [-0.1, -0.05) is 42.6 Å². The number of carbonyl (C=O) groups is 1. The Morgan fingerprint density at radius 1 is 1.35 bits per heavy atom. The highest BCUT2D eigenvalue weighted by Gasteiger charge is 2.20. The number of carboxylic acid groups (broad SMARTS) is 1. The van der Waals surface area contributed by atoms with Gasteiger partial charge >= 0.3 is 5.97 Å². The predicted octanol–water partition coefficient (Wildman–Crippen LogP) is 4.01. The van der Waals surface area contributed by atoms with E-state index in [-0.39, 0.29) is 6.42 Å². The Kier molecular flexibility index (Phi) is 4.06. The first-order valence-electron chi connectivity index (χ1n) is 6.17. The number of hydrogen-bond acceptors (Lipinski definition) is 1. The van der Waals surface area contributed by atoms with Gasteiger partial charge in [0.1, 0.15) is 0 Å². The lowest BCUT2D eigenvalue weighted by atomic mass is 9.94. The molecule has 17 heavy (non-hydrogen) atoms. The largest absolute Gasteiger partial charge is 0.481 e. The van der Waals surface area contributed by atoms with Gasteiger partial charge in [-0.3, -0.25) is 4.79 Å². The van der Waals surface area contributed by atoms with Gasteiger partial charge in [-0.25, -0.2) is 0 Å². The Labute approximate surface area is 107 Å². The first-order valence-corrected chi connectivity index (χ1v) is 6.55. The van der Waals surface area contributed by atoms with E-state index in [4.69, 9.17) is 16.7 Å². The number of hydrogen-bond donors (Lipinski definition) is 1. The van der Waals surface area contributed by atoms with Gasteiger partial charge in [0.2, 0.25) is 0 Å². The Bertz CT molecular complexity index is 409. The quantitative estimate of drug-likeness (QED) is 0.879. The number of aryl methyl sites for hydroxylation is 1. The first-order chi connectivity index (χ1) is 8.18. The van der Waals surface area contributed by atoms with Gasteiger partial charge in [-0.15, -0.1) is 0 Å². The van der Waals surface area contributed by atoms with E-state index in [9.17, 15) is 4.79 Å². The second-order valence-corrected chi connectivity index (χ2v) is 5.07. The number of halogens is 1. The minimum Gasteiger partial charge on any atom is -0.481 e. The van der Waals surface area contributed by atoms with Crippen LogP contribution in [0.3, 0.4) is 0 Å². The van der Waals surface area contributed by atoms with Crippen molar-refractivity contribution in [3.8, 4) is 0 Å². The zero-order chi connectivity index (χ0) is 12.3. The van der Waals surface area contributed by atoms with Crippen LogP contribution in [0.5, 0.6) is 0 Å². The van der Waals surface area contributed by atoms with Crippen molar-refractivity contribution < 1.29 is 9.90 Å². The molecule has 0 aliphatic heterocycles. The Morgan fingerprint density at radius 3 is 2.71 bits per heavy atom. The van der Waals surface area contributed by atoms with Crippen LogP contribution < -0.4 is 0 Å². The maximum Gasteiger partial charge on any atom is 0.303 e. The smallest absolute Gasteiger partial charge is 0.303 e. The molecule has 1 fully saturated rings. The van der Waals surface area contributed by atoms with Crippen LogP contribution in [-0.4, -0.2) is 11.1 Å². The average molecular weight is 253 g/mol. The minimum absolute atomic E-state index is 0.147. The monoisotopic (exact) mass is 252 g/mol. The Balaban J connectivity index is 2.17. The zero-order valence-corrected chi connectivity index (χ0v) is 10.5. The van der Waals surface area contributed by atoms with Crippen LogP contribution in [0.15, 0.2) is 18.2 Å². The van der Waals surface area contributed by atoms with Gasteiger partial charge < -0.3 is 5.11 Å². The van der Waals surface area contributed by atoms with Crippen molar-refractivity contribution in [3.63, 3.8) is 0 Å². The molecular formula is C14H17ClO2. The topological polar surface area (TPSA) is 37.3 Å². The van der Waals surface area contributed by atoms with E-state index >= 15 is 0 Å². The van der Waals surface area contributed by atoms with Crippen molar-refractivity contribution in [3.05, 3.63) is 34.3 Å². The normalized spacial score (nSPS) is 16.3. The summed E-state index contributed by atoms with van der Waals surface area (Å²) in [4.78, 5) is 10.6. The molecule has 1 aromatic carbocycles. The van der Waals surface area contributed by atoms with Crippen LogP contribution in [-0.2, 0) is 11.2 Å². The molecule has 1 aliphatic carbocycles. The van der Waals surface area contributed by atoms with E-state index in [1.54, 1.807) is 0 Å². The average Bonchev–Trinajstić information content (AvgIpc) is 2.81. The van der Waals surface area contributed by atoms with Crippen molar-refractivity contribution in [2.75, 3.05) is 0 Å². The summed E-state index contributed by atoms with van der Waals surface area (Å²) < 4.78 is 0. The third kappa shape index (κ3) is 3.01. The third-order valence-electron chi connectivity index (χ3n) is 3.51. The summed E-state index contributed by atoms with van der Waals surface area (Å²) in [5.74, 6) is -0.195. The maximum atomic E-state index is 10.6. The Morgan fingerprint density at radius 2 is 2.06 bits per heavy atom. The van der Waals surface area contributed by atoms with E-state index in [1.807, 2.05) is 12.1 Å². The molecule has 0 amide bonds. The molecule has 1 saturated carbocycles. The van der Waals surface area contributed by atoms with Gasteiger partial charge in [-0.05, 0) is 36.3 Å². The van der Waals surface area contributed by atoms with Crippen molar-refractivity contribution in [1.29, 1.82) is 0 Å². The van der Waals surface area contributed by atoms with E-state index < -0.39 is 5.97 Å². The van der Waals surface area contributed by atoms with Gasteiger partial charge in [0.25, 0.3) is 0 Å². The molecular weight excluding hydrogens is 236 g/mol. The lowest BCUT2D eigenvalue weighted by molar-refractivity contribution is -0.136. The molecule has 0 aromatic heterocycles. The lowest BCUT2D eigenvalue weighted by Crippen LogP contribution is -2.01. The lowest BCUT2D eigenvalue weighted by Gasteiger charge is -2.14. The van der Waals surface area contributed by atoms with Crippen LogP contribution in [0.25, 0.3) is 0 Å². The SMILES string of the molecule is O=C(O)CCc1cccc(C2CCCC2)c1Cl. The maximum absolute atomic E-state index is 10.6. The van der Waals surface area contributed by atoms with Gasteiger partial charge in [0, 0.05) is 11.4 Å². The van der Waals surface area contributed by atoms with Crippen molar-refractivity contribution in [1.82, 2.24) is 0 Å². The molecule has 0 radical (unpaired) electrons. The summed E-state index contributed by atoms with van der Waals surface area (Å²) in [7, 11) is 0. The molecule has 0 saturated heterocycles. The van der Waals surface area contributed by atoms with E-state index in [2.05, 4.69) is 6.07 Å². The summed E-state index contributed by atoms with van der Waals surface area (Å²) in [5, 5.41) is 9.50. The summed E-state index contributed by atoms with van der Waals surface area (Å²) in [5.41, 5.74) is 2.19. The summed E-state index contributed by atoms with van der Waals surface area (Å²) in [6.45, 7) is 0. The molecule has 1 aromatic rings. The van der Waals surface area contributed by atoms with Crippen molar-refractivity contribution in [2.45, 2.75) is 44.4 Å². The first kappa shape index (κ1) is 12.4. The molecule has 1 N–H and O–H groups in total. The van der Waals surface area contributed by atoms with Crippen molar-refractivity contribution >= 4 is 17.6 Å². The van der Waals surface area contributed by atoms with Crippen LogP contribution in [0.1, 0.15) is 49.1 Å². The van der Waals surface area contributed by atoms with E-state index in [1.165, 1.54) is 31.2 Å². The van der Waals surface area contributed by atoms with E-state index in [0.29, 0.717) is 12.3 Å². The van der Waals surface area contributed by atoms with E-state index in [0.717, 1.165) is 10.6 Å². The highest BCUT2D eigenvalue weighted by molar-refractivity contribution is 6.32. The van der Waals surface area contributed by atoms with Gasteiger partial charge in [0.15, 0.2) is 0 Å². The molecule has 2 nitrogen and oxygen atoms in total. The van der Waals surface area contributed by atoms with Crippen LogP contribution in [0, 0.1) is 0 Å². The number of rotatable bonds is 4. The molecule has 1 aliphatic rings. The van der Waals surface area contributed by atoms with Crippen LogP contribution in [0.2, 0.25) is 5.02 Å². The predicted molar refractivity (Wildman–Crippen MR) is 68.6 cm³/mol. The minimum atomic E-state index is -0.771. The summed E-state index contributed by atoms with van der Waals surface area (Å²) >= 11 is 6.38. The van der Waals surface area contributed by atoms with Crippen molar-refractivity contribution in [2.24, 2.45) is 0 Å². The fraction of sp³-hybridized carbons (Fsp3) is 0.500. The molecule has 0 unspecified atom stereocenters.